The summed E-state index contributed by atoms with van der Waals surface area (Å²) in [5.41, 5.74) is 2.42. The highest BCUT2D eigenvalue weighted by Crippen LogP contribution is 2.07. The Balaban J connectivity index is 2.15. The van der Waals surface area contributed by atoms with Gasteiger partial charge < -0.3 is 4.74 Å². The first-order valence-corrected chi connectivity index (χ1v) is 5.81. The summed E-state index contributed by atoms with van der Waals surface area (Å²) in [7, 11) is 0. The Morgan fingerprint density at radius 3 is 2.88 bits per heavy atom. The average Bonchev–Trinajstić information content (AvgIpc) is 2.37. The second-order valence-electron chi connectivity index (χ2n) is 3.59. The normalized spacial score (nSPS) is 10.4. The lowest BCUT2D eigenvalue weighted by Gasteiger charge is -2.03. The largest absolute Gasteiger partial charge is 0.484 e. The molecule has 0 bridgehead atoms. The van der Waals surface area contributed by atoms with E-state index in [4.69, 9.17) is 4.74 Å². The highest BCUT2D eigenvalue weighted by atomic mass is 16.5. The first-order valence-electron chi connectivity index (χ1n) is 5.81. The van der Waals surface area contributed by atoms with Crippen LogP contribution in [0.25, 0.3) is 0 Å². The van der Waals surface area contributed by atoms with Gasteiger partial charge in [-0.3, -0.25) is 4.79 Å². The molecule has 0 heterocycles. The summed E-state index contributed by atoms with van der Waals surface area (Å²) in [6.45, 7) is 2.09. The Morgan fingerprint density at radius 2 is 2.18 bits per heavy atom. The number of ether oxygens (including phenoxy) is 1. The average molecular weight is 234 g/mol. The van der Waals surface area contributed by atoms with E-state index in [1.165, 1.54) is 0 Å². The highest BCUT2D eigenvalue weighted by molar-refractivity contribution is 5.78. The van der Waals surface area contributed by atoms with E-state index < -0.39 is 0 Å². The molecular formula is C13H18N2O2. The molecule has 0 atom stereocenters. The van der Waals surface area contributed by atoms with Gasteiger partial charge in [-0.25, -0.2) is 5.43 Å². The maximum atomic E-state index is 11.3. The number of nitrogens with one attached hydrogen (secondary N) is 1. The second kappa shape index (κ2) is 8.33. The van der Waals surface area contributed by atoms with Crippen LogP contribution >= 0.6 is 0 Å². The third kappa shape index (κ3) is 6.35. The van der Waals surface area contributed by atoms with Crippen molar-refractivity contribution in [2.24, 2.45) is 5.10 Å². The standard InChI is InChI=1S/C13H18N2O2/c1-2-3-7-10-14-15-13(16)11-17-12-8-5-4-6-9-12/h4-6,8-10H,2-3,7,11H2,1H3,(H,15,16)/b14-10+. The Hall–Kier alpha value is -1.84. The molecular weight excluding hydrogens is 216 g/mol. The van der Waals surface area contributed by atoms with Gasteiger partial charge in [0.1, 0.15) is 5.75 Å². The fourth-order valence-electron chi connectivity index (χ4n) is 1.18. The number of rotatable bonds is 7. The molecule has 1 aromatic rings. The van der Waals surface area contributed by atoms with Gasteiger partial charge in [0.25, 0.3) is 5.91 Å². The van der Waals surface area contributed by atoms with Gasteiger partial charge in [0.2, 0.25) is 0 Å². The van der Waals surface area contributed by atoms with Gasteiger partial charge in [0.05, 0.1) is 0 Å². The minimum atomic E-state index is -0.249. The van der Waals surface area contributed by atoms with Crippen molar-refractivity contribution in [2.45, 2.75) is 26.2 Å². The fourth-order valence-corrected chi connectivity index (χ4v) is 1.18. The predicted octanol–water partition coefficient (Wildman–Crippen LogP) is 2.36. The minimum Gasteiger partial charge on any atom is -0.484 e. The third-order valence-electron chi connectivity index (χ3n) is 2.08. The number of amides is 1. The summed E-state index contributed by atoms with van der Waals surface area (Å²) >= 11 is 0. The van der Waals surface area contributed by atoms with E-state index in [1.807, 2.05) is 18.2 Å². The molecule has 1 amide bonds. The zero-order valence-corrected chi connectivity index (χ0v) is 10.1. The van der Waals surface area contributed by atoms with E-state index in [2.05, 4.69) is 17.5 Å². The number of hydrogen-bond acceptors (Lipinski definition) is 3. The number of hydrazone groups is 1. The highest BCUT2D eigenvalue weighted by Gasteiger charge is 1.99. The lowest BCUT2D eigenvalue weighted by atomic mass is 10.3. The molecule has 0 saturated carbocycles. The quantitative estimate of drug-likeness (QED) is 0.447. The topological polar surface area (TPSA) is 50.7 Å². The van der Waals surface area contributed by atoms with Crippen molar-refractivity contribution < 1.29 is 9.53 Å². The van der Waals surface area contributed by atoms with Crippen molar-refractivity contribution in [2.75, 3.05) is 6.61 Å². The molecule has 4 heteroatoms. The predicted molar refractivity (Wildman–Crippen MR) is 68.1 cm³/mol. The number of hydrogen-bond donors (Lipinski definition) is 1. The van der Waals surface area contributed by atoms with Crippen molar-refractivity contribution in [3.63, 3.8) is 0 Å². The Kier molecular flexibility index (Phi) is 6.48. The summed E-state index contributed by atoms with van der Waals surface area (Å²) in [5.74, 6) is 0.430. The van der Waals surface area contributed by atoms with E-state index in [0.29, 0.717) is 5.75 Å². The smallest absolute Gasteiger partial charge is 0.277 e. The van der Waals surface area contributed by atoms with Gasteiger partial charge in [-0.1, -0.05) is 31.5 Å². The monoisotopic (exact) mass is 234 g/mol. The maximum absolute atomic E-state index is 11.3. The second-order valence-corrected chi connectivity index (χ2v) is 3.59. The van der Waals surface area contributed by atoms with Gasteiger partial charge in [-0.2, -0.15) is 5.10 Å². The number of carbonyl (C=O) groups excluding carboxylic acids is 1. The molecule has 92 valence electrons. The van der Waals surface area contributed by atoms with E-state index >= 15 is 0 Å². The van der Waals surface area contributed by atoms with Crippen LogP contribution in [0.3, 0.4) is 0 Å². The summed E-state index contributed by atoms with van der Waals surface area (Å²) < 4.78 is 5.26. The van der Waals surface area contributed by atoms with Gasteiger partial charge in [0, 0.05) is 6.21 Å². The molecule has 0 fully saturated rings. The summed E-state index contributed by atoms with van der Waals surface area (Å²) in [6, 6.07) is 9.22. The SMILES string of the molecule is CCCC/C=N/NC(=O)COc1ccccc1. The van der Waals surface area contributed by atoms with Crippen LogP contribution in [0.1, 0.15) is 26.2 Å². The van der Waals surface area contributed by atoms with Gasteiger partial charge in [-0.05, 0) is 25.0 Å². The van der Waals surface area contributed by atoms with E-state index in [0.717, 1.165) is 19.3 Å². The molecule has 0 unspecified atom stereocenters. The molecule has 1 aromatic carbocycles. The molecule has 0 aliphatic heterocycles. The number of carbonyl (C=O) groups is 1. The molecule has 0 saturated heterocycles. The molecule has 0 aromatic heterocycles. The molecule has 0 radical (unpaired) electrons. The molecule has 0 aliphatic rings. The van der Waals surface area contributed by atoms with E-state index in [9.17, 15) is 4.79 Å². The molecule has 1 rings (SSSR count). The minimum absolute atomic E-state index is 0.0187. The number of unbranched alkanes of at least 4 members (excludes halogenated alkanes) is 2. The van der Waals surface area contributed by atoms with Crippen LogP contribution in [0.4, 0.5) is 0 Å². The summed E-state index contributed by atoms with van der Waals surface area (Å²) in [5, 5.41) is 3.82. The third-order valence-corrected chi connectivity index (χ3v) is 2.08. The lowest BCUT2D eigenvalue weighted by molar-refractivity contribution is -0.123. The lowest BCUT2D eigenvalue weighted by Crippen LogP contribution is -2.24. The summed E-state index contributed by atoms with van der Waals surface area (Å²) in [4.78, 5) is 11.3. The van der Waals surface area contributed by atoms with Gasteiger partial charge >= 0.3 is 0 Å². The molecule has 0 aliphatic carbocycles. The summed E-state index contributed by atoms with van der Waals surface area (Å²) in [6.07, 6.45) is 4.80. The van der Waals surface area contributed by atoms with Crippen LogP contribution in [-0.2, 0) is 4.79 Å². The molecule has 4 nitrogen and oxygen atoms in total. The maximum Gasteiger partial charge on any atom is 0.277 e. The van der Waals surface area contributed by atoms with Gasteiger partial charge in [0.15, 0.2) is 6.61 Å². The zero-order valence-electron chi connectivity index (χ0n) is 10.1. The Morgan fingerprint density at radius 1 is 1.41 bits per heavy atom. The van der Waals surface area contributed by atoms with Crippen LogP contribution in [-0.4, -0.2) is 18.7 Å². The van der Waals surface area contributed by atoms with E-state index in [1.54, 1.807) is 18.3 Å². The Labute approximate surface area is 102 Å². The number of benzene rings is 1. The number of para-hydroxylation sites is 1. The first kappa shape index (κ1) is 13.2. The van der Waals surface area contributed by atoms with Crippen molar-refractivity contribution in [3.8, 4) is 5.75 Å². The van der Waals surface area contributed by atoms with Crippen molar-refractivity contribution in [3.05, 3.63) is 30.3 Å². The molecule has 1 N–H and O–H groups in total. The van der Waals surface area contributed by atoms with Crippen molar-refractivity contribution in [1.82, 2.24) is 5.43 Å². The first-order chi connectivity index (χ1) is 8.33. The van der Waals surface area contributed by atoms with Crippen LogP contribution in [0, 0.1) is 0 Å². The molecule has 17 heavy (non-hydrogen) atoms. The van der Waals surface area contributed by atoms with Crippen LogP contribution < -0.4 is 10.2 Å². The zero-order chi connectivity index (χ0) is 12.3. The Bertz CT molecular complexity index is 350. The van der Waals surface area contributed by atoms with Crippen LogP contribution in [0.2, 0.25) is 0 Å². The van der Waals surface area contributed by atoms with Crippen molar-refractivity contribution in [1.29, 1.82) is 0 Å². The van der Waals surface area contributed by atoms with Gasteiger partial charge in [-0.15, -0.1) is 0 Å². The fraction of sp³-hybridized carbons (Fsp3) is 0.385. The van der Waals surface area contributed by atoms with E-state index in [-0.39, 0.29) is 12.5 Å². The van der Waals surface area contributed by atoms with Crippen LogP contribution in [0.15, 0.2) is 35.4 Å². The van der Waals surface area contributed by atoms with Crippen LogP contribution in [0.5, 0.6) is 5.75 Å². The molecule has 0 spiro atoms. The number of nitrogens with zero attached hydrogens (tertiary/aromatic N) is 1. The van der Waals surface area contributed by atoms with Crippen molar-refractivity contribution >= 4 is 12.1 Å².